The quantitative estimate of drug-likeness (QED) is 0.0555. The molecule has 0 radical (unpaired) electrons. The van der Waals surface area contributed by atoms with Crippen LogP contribution in [-0.4, -0.2) is 56.2 Å². The van der Waals surface area contributed by atoms with E-state index in [1.807, 2.05) is 31.2 Å². The number of hydrogen-bond donors (Lipinski definition) is 11. The van der Waals surface area contributed by atoms with Crippen LogP contribution in [0.3, 0.4) is 0 Å². The molecule has 0 aliphatic rings. The van der Waals surface area contributed by atoms with E-state index < -0.39 is 30.5 Å². The number of phenols is 5. The lowest BCUT2D eigenvalue weighted by Crippen LogP contribution is -1.91. The summed E-state index contributed by atoms with van der Waals surface area (Å²) in [5, 5.41) is 149. The summed E-state index contributed by atoms with van der Waals surface area (Å²) in [7, 11) is 0. The number of hydrogen-bond acceptors (Lipinski definition) is 11. The van der Waals surface area contributed by atoms with Crippen LogP contribution in [0.4, 0.5) is 0 Å². The van der Waals surface area contributed by atoms with Gasteiger partial charge in [-0.25, -0.2) is 0 Å². The number of aryl methyl sites for hydroxylation is 1. The van der Waals surface area contributed by atoms with Gasteiger partial charge in [0.15, 0.2) is 0 Å². The molecule has 0 aromatic heterocycles. The van der Waals surface area contributed by atoms with E-state index in [1.54, 1.807) is 163 Å². The molecule has 11 heteroatoms. The number of rotatable bonds is 6. The number of aliphatic hydroxyl groups is 6. The van der Waals surface area contributed by atoms with Crippen molar-refractivity contribution in [1.82, 2.24) is 0 Å². The standard InChI is InChI=1S/3C24H12.C9H12O.5C8H10O2/c3*1-2-14-5-6-16-9-11-18-12-10-17-8-7-15-4-3-13(1)19-20(14)22(16)24(18)23(17)21(15)19;1-7-3-5-9(6-4-7)8(2)10;5*1-6(9)7-2-4-8(10)5-3-7/h3*1-12H;3-6,8,10H,1-2H3;5*2-6,9-10H,1H3. The van der Waals surface area contributed by atoms with Gasteiger partial charge in [0.1, 0.15) is 28.7 Å². The zero-order chi connectivity index (χ0) is 91.6. The van der Waals surface area contributed by atoms with Crippen LogP contribution in [0.1, 0.15) is 117 Å². The van der Waals surface area contributed by atoms with Crippen LogP contribution in [0.2, 0.25) is 0 Å². The van der Waals surface area contributed by atoms with Gasteiger partial charge in [-0.2, -0.15) is 0 Å². The van der Waals surface area contributed by atoms with Gasteiger partial charge in [-0.15, -0.1) is 0 Å². The lowest BCUT2D eigenvalue weighted by Gasteiger charge is -2.20. The topological polar surface area (TPSA) is 223 Å². The SMILES string of the molecule is CC(O)c1ccc(O)cc1.CC(O)c1ccc(O)cc1.CC(O)c1ccc(O)cc1.CC(O)c1ccc(O)cc1.CC(O)c1ccc(O)cc1.Cc1ccc(C(C)O)cc1.c1cc2ccc3ccc4ccc5ccc6ccc1c1c2c3c4c5c61.c1cc2ccc3ccc4ccc5ccc6ccc1c1c2c3c4c5c61.c1cc2ccc3ccc4ccc5ccc6ccc1c1c2c3c4c5c61. The van der Waals surface area contributed by atoms with Crippen molar-refractivity contribution in [2.45, 2.75) is 85.1 Å². The molecule has 6 unspecified atom stereocenters. The Morgan fingerprint density at radius 1 is 0.121 bits per heavy atom. The smallest absolute Gasteiger partial charge is 0.115 e. The van der Waals surface area contributed by atoms with Crippen molar-refractivity contribution in [3.63, 3.8) is 0 Å². The molecule has 0 saturated heterocycles. The second-order valence-electron chi connectivity index (χ2n) is 34.9. The van der Waals surface area contributed by atoms with E-state index in [-0.39, 0.29) is 34.9 Å². The maximum Gasteiger partial charge on any atom is 0.115 e. The Balaban J connectivity index is 0.0000000994. The lowest BCUT2D eigenvalue weighted by atomic mass is 9.83. The van der Waals surface area contributed by atoms with Gasteiger partial charge >= 0.3 is 0 Å². The minimum absolute atomic E-state index is 0.226. The molecule has 27 rings (SSSR count). The van der Waals surface area contributed by atoms with Crippen LogP contribution in [0, 0.1) is 6.92 Å². The number of aromatic hydroxyl groups is 5. The Hall–Kier alpha value is -15.3. The summed E-state index contributed by atoms with van der Waals surface area (Å²) in [4.78, 5) is 0. The molecule has 0 saturated carbocycles. The summed E-state index contributed by atoms with van der Waals surface area (Å²) in [6.45, 7) is 12.2. The van der Waals surface area contributed by atoms with Crippen LogP contribution in [0.15, 0.2) is 364 Å². The van der Waals surface area contributed by atoms with Gasteiger partial charge in [0.05, 0.1) is 36.6 Å². The second kappa shape index (κ2) is 35.6. The van der Waals surface area contributed by atoms with Crippen molar-refractivity contribution < 1.29 is 56.2 Å². The zero-order valence-electron chi connectivity index (χ0n) is 74.0. The van der Waals surface area contributed by atoms with Crippen LogP contribution in [-0.2, 0) is 0 Å². The van der Waals surface area contributed by atoms with Crippen molar-refractivity contribution in [2.24, 2.45) is 0 Å². The molecule has 0 aliphatic heterocycles. The predicted molar refractivity (Wildman–Crippen MR) is 551 cm³/mol. The lowest BCUT2D eigenvalue weighted by molar-refractivity contribution is 0.199. The third-order valence-corrected chi connectivity index (χ3v) is 26.1. The molecule has 11 nitrogen and oxygen atoms in total. The molecule has 0 spiro atoms. The van der Waals surface area contributed by atoms with Crippen LogP contribution in [0.5, 0.6) is 28.7 Å². The maximum absolute atomic E-state index is 9.11. The number of phenolic OH excluding ortho intramolecular Hbond substituents is 5. The Kier molecular flexibility index (Phi) is 23.3. The first-order valence-electron chi connectivity index (χ1n) is 44.7. The monoisotopic (exact) mass is 1730 g/mol. The first-order valence-corrected chi connectivity index (χ1v) is 44.7. The summed E-state index contributed by atoms with van der Waals surface area (Å²) in [5.41, 5.74) is 6.29. The van der Waals surface area contributed by atoms with Crippen molar-refractivity contribution in [1.29, 1.82) is 0 Å². The highest BCUT2D eigenvalue weighted by Gasteiger charge is 2.24. The molecule has 11 N–H and O–H groups in total. The van der Waals surface area contributed by atoms with E-state index in [1.165, 1.54) is 199 Å². The van der Waals surface area contributed by atoms with E-state index in [0.29, 0.717) is 0 Å². The Bertz CT molecular complexity index is 6470. The Morgan fingerprint density at radius 3 is 0.273 bits per heavy atom. The van der Waals surface area contributed by atoms with E-state index in [2.05, 4.69) is 218 Å². The van der Waals surface area contributed by atoms with E-state index >= 15 is 0 Å². The highest BCUT2D eigenvalue weighted by molar-refractivity contribution is 6.47. The van der Waals surface area contributed by atoms with Crippen LogP contribution < -0.4 is 0 Å². The number of aliphatic hydroxyl groups excluding tert-OH is 6. The normalized spacial score (nSPS) is 13.0. The average Bonchev–Trinajstić information content (AvgIpc) is 0.698. The summed E-state index contributed by atoms with van der Waals surface area (Å²) in [5.74, 6) is 1.13. The van der Waals surface area contributed by atoms with Gasteiger partial charge in [-0.1, -0.05) is 309 Å². The Labute approximate surface area is 761 Å². The highest BCUT2D eigenvalue weighted by Crippen LogP contribution is 2.52. The second-order valence-corrected chi connectivity index (χ2v) is 34.9. The molecule has 0 aliphatic carbocycles. The number of benzene rings is 27. The predicted octanol–water partition coefficient (Wildman–Crippen LogP) is 30.0. The third-order valence-electron chi connectivity index (χ3n) is 26.1. The van der Waals surface area contributed by atoms with Gasteiger partial charge in [-0.05, 0) is 336 Å². The van der Waals surface area contributed by atoms with Gasteiger partial charge in [0.2, 0.25) is 0 Å². The summed E-state index contributed by atoms with van der Waals surface area (Å²) < 4.78 is 0. The van der Waals surface area contributed by atoms with Gasteiger partial charge in [0, 0.05) is 0 Å². The fourth-order valence-electron chi connectivity index (χ4n) is 19.3. The molecular formula is C121H98O11. The van der Waals surface area contributed by atoms with Crippen LogP contribution >= 0.6 is 0 Å². The van der Waals surface area contributed by atoms with Gasteiger partial charge < -0.3 is 56.2 Å². The van der Waals surface area contributed by atoms with E-state index in [9.17, 15) is 0 Å². The van der Waals surface area contributed by atoms with Crippen molar-refractivity contribution in [3.8, 4) is 28.7 Å². The van der Waals surface area contributed by atoms with Crippen molar-refractivity contribution in [3.05, 3.63) is 403 Å². The first kappa shape index (κ1) is 86.1. The van der Waals surface area contributed by atoms with Gasteiger partial charge in [0.25, 0.3) is 0 Å². The minimum atomic E-state index is -0.458. The fraction of sp³-hybridized carbons (Fsp3) is 0.107. The Morgan fingerprint density at radius 2 is 0.197 bits per heavy atom. The summed E-state index contributed by atoms with van der Waals surface area (Å²) in [6, 6.07) is 122. The van der Waals surface area contributed by atoms with Gasteiger partial charge in [-0.3, -0.25) is 0 Å². The molecule has 0 amide bonds. The molecule has 648 valence electrons. The molecule has 132 heavy (non-hydrogen) atoms. The van der Waals surface area contributed by atoms with E-state index in [0.717, 1.165) is 33.4 Å². The molecule has 0 bridgehead atoms. The largest absolute Gasteiger partial charge is 0.508 e. The summed E-state index contributed by atoms with van der Waals surface area (Å²) in [6.07, 6.45) is -2.64. The average molecular weight is 1730 g/mol. The van der Waals surface area contributed by atoms with E-state index in [4.69, 9.17) is 56.2 Å². The first-order chi connectivity index (χ1) is 63.9. The molecule has 27 aromatic rings. The third kappa shape index (κ3) is 16.2. The van der Waals surface area contributed by atoms with Crippen molar-refractivity contribution >= 4 is 194 Å². The van der Waals surface area contributed by atoms with Crippen LogP contribution in [0.25, 0.3) is 194 Å². The zero-order valence-corrected chi connectivity index (χ0v) is 74.0. The molecule has 27 aromatic carbocycles. The maximum atomic E-state index is 9.11. The van der Waals surface area contributed by atoms with Crippen molar-refractivity contribution in [2.75, 3.05) is 0 Å². The molecule has 0 fully saturated rings. The highest BCUT2D eigenvalue weighted by atomic mass is 16.3. The fourth-order valence-corrected chi connectivity index (χ4v) is 19.3. The molecule has 6 atom stereocenters. The minimum Gasteiger partial charge on any atom is -0.508 e. The summed E-state index contributed by atoms with van der Waals surface area (Å²) >= 11 is 0. The molecule has 0 heterocycles. The molecular weight excluding hydrogens is 1630 g/mol.